The molecule has 2 N–H and O–H groups in total. The minimum atomic E-state index is 0.347. The van der Waals surface area contributed by atoms with Crippen molar-refractivity contribution in [3.8, 4) is 0 Å². The van der Waals surface area contributed by atoms with Gasteiger partial charge in [-0.05, 0) is 31.6 Å². The third-order valence-corrected chi connectivity index (χ3v) is 4.62. The molecule has 0 radical (unpaired) electrons. The summed E-state index contributed by atoms with van der Waals surface area (Å²) in [5, 5.41) is 0. The van der Waals surface area contributed by atoms with Crippen LogP contribution in [0.15, 0.2) is 12.4 Å². The second-order valence-electron chi connectivity index (χ2n) is 5.54. The van der Waals surface area contributed by atoms with Crippen LogP contribution in [0.1, 0.15) is 44.2 Å². The maximum atomic E-state index is 5.78. The first-order chi connectivity index (χ1) is 9.27. The maximum absolute atomic E-state index is 5.78. The average molecular weight is 276 g/mol. The molecule has 4 nitrogen and oxygen atoms in total. The van der Waals surface area contributed by atoms with Gasteiger partial charge in [0, 0.05) is 25.0 Å². The Labute approximate surface area is 119 Å². The maximum Gasteiger partial charge on any atom is 0.157 e. The predicted molar refractivity (Wildman–Crippen MR) is 80.2 cm³/mol. The minimum absolute atomic E-state index is 0.347. The lowest BCUT2D eigenvalue weighted by Crippen LogP contribution is -2.37. The number of nitrogens with two attached hydrogens (primary N) is 1. The Bertz CT molecular complexity index is 470. The zero-order chi connectivity index (χ0) is 13.2. The molecule has 2 fully saturated rings. The van der Waals surface area contributed by atoms with Crippen LogP contribution in [-0.4, -0.2) is 27.5 Å². The first kappa shape index (κ1) is 12.8. The summed E-state index contributed by atoms with van der Waals surface area (Å²) in [7, 11) is 0. The highest BCUT2D eigenvalue weighted by Crippen LogP contribution is 2.37. The SMILES string of the molecule is NC(=S)c1nccnc1N1CCCC1C1CCCC1. The monoisotopic (exact) mass is 276 g/mol. The Balaban J connectivity index is 1.90. The van der Waals surface area contributed by atoms with Crippen LogP contribution in [0.5, 0.6) is 0 Å². The van der Waals surface area contributed by atoms with Gasteiger partial charge in [0.25, 0.3) is 0 Å². The fourth-order valence-corrected chi connectivity index (χ4v) is 3.75. The van der Waals surface area contributed by atoms with Crippen LogP contribution in [0.4, 0.5) is 5.82 Å². The number of rotatable bonds is 3. The van der Waals surface area contributed by atoms with E-state index in [1.165, 1.54) is 38.5 Å². The highest BCUT2D eigenvalue weighted by Gasteiger charge is 2.35. The van der Waals surface area contributed by atoms with Crippen LogP contribution < -0.4 is 10.6 Å². The summed E-state index contributed by atoms with van der Waals surface area (Å²) < 4.78 is 0. The van der Waals surface area contributed by atoms with Crippen molar-refractivity contribution in [3.05, 3.63) is 18.1 Å². The van der Waals surface area contributed by atoms with E-state index >= 15 is 0 Å². The molecule has 1 saturated heterocycles. The van der Waals surface area contributed by atoms with E-state index in [0.717, 1.165) is 18.3 Å². The highest BCUT2D eigenvalue weighted by atomic mass is 32.1. The Morgan fingerprint density at radius 3 is 2.63 bits per heavy atom. The summed E-state index contributed by atoms with van der Waals surface area (Å²) in [6.07, 6.45) is 11.3. The highest BCUT2D eigenvalue weighted by molar-refractivity contribution is 7.80. The molecule has 19 heavy (non-hydrogen) atoms. The van der Waals surface area contributed by atoms with Crippen molar-refractivity contribution in [2.45, 2.75) is 44.6 Å². The van der Waals surface area contributed by atoms with Crippen molar-refractivity contribution < 1.29 is 0 Å². The average Bonchev–Trinajstić information content (AvgIpc) is 3.09. The van der Waals surface area contributed by atoms with E-state index in [1.807, 2.05) is 0 Å². The molecule has 3 rings (SSSR count). The lowest BCUT2D eigenvalue weighted by Gasteiger charge is -2.31. The molecular weight excluding hydrogens is 256 g/mol. The van der Waals surface area contributed by atoms with E-state index in [9.17, 15) is 0 Å². The Kier molecular flexibility index (Phi) is 3.64. The van der Waals surface area contributed by atoms with Crippen LogP contribution in [0, 0.1) is 5.92 Å². The number of anilines is 1. The van der Waals surface area contributed by atoms with Crippen LogP contribution >= 0.6 is 12.2 Å². The van der Waals surface area contributed by atoms with Crippen molar-refractivity contribution in [3.63, 3.8) is 0 Å². The van der Waals surface area contributed by atoms with Gasteiger partial charge in [-0.2, -0.15) is 0 Å². The molecule has 1 unspecified atom stereocenters. The molecule has 1 aliphatic carbocycles. The van der Waals surface area contributed by atoms with E-state index < -0.39 is 0 Å². The van der Waals surface area contributed by atoms with Crippen LogP contribution in [-0.2, 0) is 0 Å². The van der Waals surface area contributed by atoms with Crippen LogP contribution in [0.3, 0.4) is 0 Å². The Morgan fingerprint density at radius 2 is 1.89 bits per heavy atom. The Hall–Kier alpha value is -1.23. The largest absolute Gasteiger partial charge is 0.388 e. The minimum Gasteiger partial charge on any atom is -0.388 e. The van der Waals surface area contributed by atoms with Crippen molar-refractivity contribution in [1.82, 2.24) is 9.97 Å². The van der Waals surface area contributed by atoms with Gasteiger partial charge in [-0.3, -0.25) is 0 Å². The van der Waals surface area contributed by atoms with Crippen molar-refractivity contribution >= 4 is 23.0 Å². The third-order valence-electron chi connectivity index (χ3n) is 4.43. The molecule has 2 aliphatic rings. The van der Waals surface area contributed by atoms with Crippen molar-refractivity contribution in [1.29, 1.82) is 0 Å². The summed E-state index contributed by atoms with van der Waals surface area (Å²) in [5.74, 6) is 1.70. The molecule has 1 aromatic rings. The van der Waals surface area contributed by atoms with Gasteiger partial charge < -0.3 is 10.6 Å². The molecule has 1 atom stereocenters. The van der Waals surface area contributed by atoms with Gasteiger partial charge in [0.05, 0.1) is 0 Å². The fourth-order valence-electron chi connectivity index (χ4n) is 3.60. The lowest BCUT2D eigenvalue weighted by atomic mass is 9.96. The number of thiocarbonyl (C=S) groups is 1. The summed E-state index contributed by atoms with van der Waals surface area (Å²) >= 11 is 5.11. The van der Waals surface area contributed by atoms with E-state index in [4.69, 9.17) is 18.0 Å². The summed E-state index contributed by atoms with van der Waals surface area (Å²) in [5.41, 5.74) is 6.47. The van der Waals surface area contributed by atoms with Gasteiger partial charge in [0.15, 0.2) is 5.82 Å². The van der Waals surface area contributed by atoms with Gasteiger partial charge in [-0.1, -0.05) is 25.1 Å². The molecule has 0 spiro atoms. The number of hydrogen-bond donors (Lipinski definition) is 1. The first-order valence-electron chi connectivity index (χ1n) is 7.15. The molecule has 1 saturated carbocycles. The zero-order valence-corrected chi connectivity index (χ0v) is 11.9. The van der Waals surface area contributed by atoms with E-state index in [-0.39, 0.29) is 0 Å². The summed E-state index contributed by atoms with van der Waals surface area (Å²) in [6, 6.07) is 0.604. The molecule has 2 heterocycles. The van der Waals surface area contributed by atoms with Crippen LogP contribution in [0.25, 0.3) is 0 Å². The molecule has 0 aromatic carbocycles. The summed E-state index contributed by atoms with van der Waals surface area (Å²) in [6.45, 7) is 1.05. The van der Waals surface area contributed by atoms with Gasteiger partial charge in [-0.25, -0.2) is 9.97 Å². The first-order valence-corrected chi connectivity index (χ1v) is 7.55. The second-order valence-corrected chi connectivity index (χ2v) is 5.98. The Morgan fingerprint density at radius 1 is 1.16 bits per heavy atom. The van der Waals surface area contributed by atoms with Gasteiger partial charge in [0.2, 0.25) is 0 Å². The number of aromatic nitrogens is 2. The van der Waals surface area contributed by atoms with E-state index in [1.54, 1.807) is 12.4 Å². The fraction of sp³-hybridized carbons (Fsp3) is 0.643. The lowest BCUT2D eigenvalue weighted by molar-refractivity contribution is 0.429. The molecule has 102 valence electrons. The van der Waals surface area contributed by atoms with Crippen molar-refractivity contribution in [2.24, 2.45) is 11.7 Å². The van der Waals surface area contributed by atoms with E-state index in [2.05, 4.69) is 14.9 Å². The number of hydrogen-bond acceptors (Lipinski definition) is 4. The molecule has 0 amide bonds. The third kappa shape index (κ3) is 2.43. The summed E-state index contributed by atoms with van der Waals surface area (Å²) in [4.78, 5) is 11.6. The predicted octanol–water partition coefficient (Wildman–Crippen LogP) is 2.27. The van der Waals surface area contributed by atoms with Crippen LogP contribution in [0.2, 0.25) is 0 Å². The second kappa shape index (κ2) is 5.41. The molecule has 1 aliphatic heterocycles. The smallest absolute Gasteiger partial charge is 0.157 e. The molecule has 1 aromatic heterocycles. The van der Waals surface area contributed by atoms with Gasteiger partial charge in [0.1, 0.15) is 10.7 Å². The van der Waals surface area contributed by atoms with Crippen molar-refractivity contribution in [2.75, 3.05) is 11.4 Å². The molecule has 5 heteroatoms. The van der Waals surface area contributed by atoms with Gasteiger partial charge in [-0.15, -0.1) is 0 Å². The standard InChI is InChI=1S/C14H20N4S/c15-13(19)12-14(17-8-7-16-12)18-9-3-6-11(18)10-4-1-2-5-10/h7-8,10-11H,1-6,9H2,(H2,15,19). The number of nitrogens with zero attached hydrogens (tertiary/aromatic N) is 3. The molecular formula is C14H20N4S. The van der Waals surface area contributed by atoms with Gasteiger partial charge >= 0.3 is 0 Å². The topological polar surface area (TPSA) is 55.0 Å². The molecule has 0 bridgehead atoms. The normalized spacial score (nSPS) is 24.0. The zero-order valence-electron chi connectivity index (χ0n) is 11.1. The quantitative estimate of drug-likeness (QED) is 0.858. The van der Waals surface area contributed by atoms with E-state index in [0.29, 0.717) is 16.7 Å².